The van der Waals surface area contributed by atoms with Gasteiger partial charge in [0.2, 0.25) is 0 Å². The van der Waals surface area contributed by atoms with Gasteiger partial charge in [-0.25, -0.2) is 9.78 Å². The Morgan fingerprint density at radius 2 is 1.95 bits per heavy atom. The van der Waals surface area contributed by atoms with E-state index in [2.05, 4.69) is 20.7 Å². The first-order chi connectivity index (χ1) is 19.2. The lowest BCUT2D eigenvalue weighted by Gasteiger charge is -2.37. The molecule has 1 aromatic carbocycles. The fourth-order valence-corrected chi connectivity index (χ4v) is 5.21. The topological polar surface area (TPSA) is 106 Å². The summed E-state index contributed by atoms with van der Waals surface area (Å²) in [7, 11) is 0. The number of likely N-dealkylation sites (tertiary alicyclic amines) is 1. The number of nitrogens with one attached hydrogen (secondary N) is 2. The molecule has 10 heteroatoms. The molecule has 0 atom stereocenters. The van der Waals surface area contributed by atoms with Gasteiger partial charge in [0.1, 0.15) is 17.2 Å². The van der Waals surface area contributed by atoms with Crippen molar-refractivity contribution < 1.29 is 21.6 Å². The molecular weight excluding hydrogens is 508 g/mol. The van der Waals surface area contributed by atoms with Gasteiger partial charge in [-0.15, -0.1) is 0 Å². The average molecular weight is 549 g/mol. The van der Waals surface area contributed by atoms with Gasteiger partial charge in [-0.2, -0.15) is 0 Å². The summed E-state index contributed by atoms with van der Waals surface area (Å²) in [5.41, 5.74) is 3.54. The number of pyridine rings is 1. The molecule has 6 rings (SSSR count). The van der Waals surface area contributed by atoms with Crippen LogP contribution in [0.5, 0.6) is 5.75 Å². The Bertz CT molecular complexity index is 1490. The lowest BCUT2D eigenvalue weighted by molar-refractivity contribution is -0.105. The van der Waals surface area contributed by atoms with Crippen LogP contribution in [0.4, 0.5) is 16.3 Å². The number of rotatable bonds is 8. The van der Waals surface area contributed by atoms with E-state index in [-0.39, 0.29) is 14.3 Å². The summed E-state index contributed by atoms with van der Waals surface area (Å²) < 4.78 is 18.8. The Balaban J connectivity index is 0.00000202. The zero-order valence-electron chi connectivity index (χ0n) is 23.3. The molecular formula is C30H40N6O4. The number of urea groups is 1. The molecule has 10 nitrogen and oxygen atoms in total. The maximum absolute atomic E-state index is 12.4. The van der Waals surface area contributed by atoms with Crippen molar-refractivity contribution in [1.29, 1.82) is 0 Å². The highest BCUT2D eigenvalue weighted by atomic mass is 16.5. The van der Waals surface area contributed by atoms with Gasteiger partial charge in [-0.05, 0) is 43.7 Å². The first-order valence-electron chi connectivity index (χ1n) is 13.8. The number of aromatic nitrogens is 3. The van der Waals surface area contributed by atoms with Crippen molar-refractivity contribution in [3.63, 3.8) is 0 Å². The minimum atomic E-state index is -0.390. The van der Waals surface area contributed by atoms with Crippen LogP contribution in [0.25, 0.3) is 16.9 Å². The molecule has 0 bridgehead atoms. The molecule has 0 aliphatic carbocycles. The van der Waals surface area contributed by atoms with Gasteiger partial charge in [0.05, 0.1) is 31.7 Å². The van der Waals surface area contributed by atoms with Gasteiger partial charge in [-0.3, -0.25) is 5.32 Å². The van der Waals surface area contributed by atoms with E-state index in [0.717, 1.165) is 55.4 Å². The molecule has 2 amide bonds. The number of imidazole rings is 1. The van der Waals surface area contributed by atoms with E-state index in [9.17, 15) is 4.79 Å². The number of amides is 2. The SMILES string of the molecule is CC(C)(C)c1cc(NC(=O)Nc2ccc(-c3cn4cc(OCCCN5CCC6(COC6)C5)ccc4n3)cc2)no1.[HH].[HH]. The van der Waals surface area contributed by atoms with Crippen LogP contribution in [0.15, 0.2) is 59.4 Å². The second kappa shape index (κ2) is 10.6. The normalized spacial score (nSPS) is 16.8. The number of hydrogen-bond acceptors (Lipinski definition) is 7. The highest BCUT2D eigenvalue weighted by molar-refractivity contribution is 5.99. The van der Waals surface area contributed by atoms with E-state index < -0.39 is 0 Å². The largest absolute Gasteiger partial charge is 0.492 e. The quantitative estimate of drug-likeness (QED) is 0.264. The lowest BCUT2D eigenvalue weighted by Crippen LogP contribution is -2.44. The summed E-state index contributed by atoms with van der Waals surface area (Å²) in [6.45, 7) is 12.0. The van der Waals surface area contributed by atoms with Crippen molar-refractivity contribution in [2.75, 3.05) is 50.1 Å². The first-order valence-corrected chi connectivity index (χ1v) is 13.8. The molecule has 1 spiro atoms. The Morgan fingerprint density at radius 1 is 1.12 bits per heavy atom. The molecule has 3 aromatic heterocycles. The van der Waals surface area contributed by atoms with Crippen molar-refractivity contribution in [1.82, 2.24) is 19.4 Å². The number of ether oxygens (including phenoxy) is 2. The number of carbonyl (C=O) groups excluding carboxylic acids is 1. The van der Waals surface area contributed by atoms with Gasteiger partial charge < -0.3 is 28.6 Å². The molecule has 0 unspecified atom stereocenters. The van der Waals surface area contributed by atoms with Crippen LogP contribution in [0.1, 0.15) is 42.2 Å². The Hall–Kier alpha value is -3.89. The predicted molar refractivity (Wildman–Crippen MR) is 157 cm³/mol. The van der Waals surface area contributed by atoms with E-state index in [1.165, 1.54) is 13.0 Å². The smallest absolute Gasteiger partial charge is 0.324 e. The molecule has 2 N–H and O–H groups in total. The summed E-state index contributed by atoms with van der Waals surface area (Å²) >= 11 is 0. The monoisotopic (exact) mass is 548 g/mol. The van der Waals surface area contributed by atoms with Crippen LogP contribution in [0.3, 0.4) is 0 Å². The van der Waals surface area contributed by atoms with E-state index in [1.807, 2.05) is 74.0 Å². The van der Waals surface area contributed by atoms with E-state index in [0.29, 0.717) is 29.3 Å². The Labute approximate surface area is 236 Å². The first kappa shape index (κ1) is 26.3. The number of carbonyl (C=O) groups is 1. The summed E-state index contributed by atoms with van der Waals surface area (Å²) in [5, 5.41) is 9.44. The zero-order chi connectivity index (χ0) is 27.7. The molecule has 214 valence electrons. The minimum Gasteiger partial charge on any atom is -0.492 e. The van der Waals surface area contributed by atoms with Gasteiger partial charge >= 0.3 is 6.03 Å². The molecule has 2 aliphatic heterocycles. The highest BCUT2D eigenvalue weighted by Crippen LogP contribution is 2.37. The minimum absolute atomic E-state index is 0. The number of benzene rings is 1. The Morgan fingerprint density at radius 3 is 2.65 bits per heavy atom. The van der Waals surface area contributed by atoms with Crippen molar-refractivity contribution in [3.8, 4) is 17.0 Å². The molecule has 2 saturated heterocycles. The number of anilines is 2. The van der Waals surface area contributed by atoms with E-state index in [4.69, 9.17) is 19.0 Å². The number of fused-ring (bicyclic) bond motifs is 1. The van der Waals surface area contributed by atoms with Gasteiger partial charge in [0.25, 0.3) is 0 Å². The summed E-state index contributed by atoms with van der Waals surface area (Å²) in [6, 6.07) is 12.8. The third kappa shape index (κ3) is 5.83. The Kier molecular flexibility index (Phi) is 6.97. The van der Waals surface area contributed by atoms with Gasteiger partial charge in [0, 0.05) is 50.3 Å². The van der Waals surface area contributed by atoms with Crippen LogP contribution in [0, 0.1) is 5.41 Å². The average Bonchev–Trinajstić information content (AvgIpc) is 3.64. The van der Waals surface area contributed by atoms with Gasteiger partial charge in [0.15, 0.2) is 5.82 Å². The lowest BCUT2D eigenvalue weighted by atomic mass is 9.85. The van der Waals surface area contributed by atoms with Crippen LogP contribution in [-0.2, 0) is 10.2 Å². The maximum atomic E-state index is 12.4. The number of hydrogen-bond donors (Lipinski definition) is 2. The summed E-state index contributed by atoms with van der Waals surface area (Å²) in [6.07, 6.45) is 6.21. The van der Waals surface area contributed by atoms with Crippen molar-refractivity contribution in [2.45, 2.75) is 39.0 Å². The van der Waals surface area contributed by atoms with Crippen molar-refractivity contribution in [2.24, 2.45) is 5.41 Å². The molecule has 2 fully saturated rings. The standard InChI is InChI=1S/C30H36N6O4.2H2/c1-29(2,3)25-15-26(34-40-25)33-28(37)31-22-7-5-21(6-8-22)24-17-36-16-23(9-10-27(36)32-24)39-14-4-12-35-13-11-30(18-35)19-38-20-30;;/h5-10,15-17H,4,11-14,18-20H2,1-3H3,(H2,31,33,34,37);2*1H. The second-order valence-corrected chi connectivity index (χ2v) is 12.0. The third-order valence-corrected chi connectivity index (χ3v) is 7.57. The van der Waals surface area contributed by atoms with Crippen LogP contribution >= 0.6 is 0 Å². The van der Waals surface area contributed by atoms with Crippen molar-refractivity contribution in [3.05, 3.63) is 60.6 Å². The molecule has 2 aliphatic rings. The van der Waals surface area contributed by atoms with Crippen LogP contribution in [0.2, 0.25) is 0 Å². The summed E-state index contributed by atoms with van der Waals surface area (Å²) in [5.74, 6) is 1.90. The molecule has 4 aromatic rings. The van der Waals surface area contributed by atoms with Crippen LogP contribution < -0.4 is 15.4 Å². The molecule has 5 heterocycles. The molecule has 40 heavy (non-hydrogen) atoms. The highest BCUT2D eigenvalue weighted by Gasteiger charge is 2.43. The van der Waals surface area contributed by atoms with E-state index in [1.54, 1.807) is 6.07 Å². The van der Waals surface area contributed by atoms with E-state index >= 15 is 0 Å². The second-order valence-electron chi connectivity index (χ2n) is 12.0. The fourth-order valence-electron chi connectivity index (χ4n) is 5.21. The van der Waals surface area contributed by atoms with Crippen LogP contribution in [-0.4, -0.2) is 64.9 Å². The third-order valence-electron chi connectivity index (χ3n) is 7.57. The predicted octanol–water partition coefficient (Wildman–Crippen LogP) is 5.91. The summed E-state index contributed by atoms with van der Waals surface area (Å²) in [4.78, 5) is 19.7. The molecule has 0 saturated carbocycles. The maximum Gasteiger partial charge on any atom is 0.324 e. The van der Waals surface area contributed by atoms with Crippen molar-refractivity contribution >= 4 is 23.2 Å². The molecule has 0 radical (unpaired) electrons. The van der Waals surface area contributed by atoms with Gasteiger partial charge in [-0.1, -0.05) is 38.1 Å². The number of nitrogens with zero attached hydrogens (tertiary/aromatic N) is 4. The zero-order valence-corrected chi connectivity index (χ0v) is 23.3. The fraction of sp³-hybridized carbons (Fsp3) is 0.433.